The number of amides is 1. The Morgan fingerprint density at radius 3 is 2.58 bits per heavy atom. The fourth-order valence-corrected chi connectivity index (χ4v) is 4.18. The van der Waals surface area contributed by atoms with Gasteiger partial charge in [-0.2, -0.15) is 0 Å². The number of rotatable bonds is 12. The first kappa shape index (κ1) is 22.9. The average Bonchev–Trinajstić information content (AvgIpc) is 3.08. The Balaban J connectivity index is 2.43. The molecular weight excluding hydrogens is 324 g/mol. The third-order valence-corrected chi connectivity index (χ3v) is 5.38. The Labute approximate surface area is 160 Å². The van der Waals surface area contributed by atoms with E-state index in [0.717, 1.165) is 31.2 Å². The van der Waals surface area contributed by atoms with E-state index < -0.39 is 0 Å². The Kier molecular flexibility index (Phi) is 8.52. The zero-order valence-corrected chi connectivity index (χ0v) is 17.9. The molecule has 1 aliphatic carbocycles. The van der Waals surface area contributed by atoms with Crippen LogP contribution in [0.4, 0.5) is 0 Å². The molecule has 1 saturated carbocycles. The van der Waals surface area contributed by atoms with Crippen LogP contribution in [0.1, 0.15) is 66.2 Å². The van der Waals surface area contributed by atoms with Crippen LogP contribution in [0.2, 0.25) is 0 Å². The average molecular weight is 365 g/mol. The highest BCUT2D eigenvalue weighted by molar-refractivity contribution is 5.81. The summed E-state index contributed by atoms with van der Waals surface area (Å²) in [5.41, 5.74) is 1.87. The molecule has 0 bridgehead atoms. The van der Waals surface area contributed by atoms with Crippen LogP contribution in [0.25, 0.3) is 0 Å². The lowest BCUT2D eigenvalue weighted by molar-refractivity contribution is -0.126. The molecule has 26 heavy (non-hydrogen) atoms. The van der Waals surface area contributed by atoms with Crippen molar-refractivity contribution in [1.82, 2.24) is 10.2 Å². The predicted octanol–water partition coefficient (Wildman–Crippen LogP) is 4.06. The van der Waals surface area contributed by atoms with E-state index in [0.29, 0.717) is 29.7 Å². The summed E-state index contributed by atoms with van der Waals surface area (Å²) in [5, 5.41) is 2.98. The van der Waals surface area contributed by atoms with Gasteiger partial charge in [0.25, 0.3) is 0 Å². The molecule has 1 rings (SSSR count). The summed E-state index contributed by atoms with van der Waals surface area (Å²) in [6, 6.07) is 0. The first-order chi connectivity index (χ1) is 12.0. The smallest absolute Gasteiger partial charge is 0.223 e. The summed E-state index contributed by atoms with van der Waals surface area (Å²) in [6.07, 6.45) is 6.14. The second-order valence-corrected chi connectivity index (χ2v) is 10.00. The normalized spacial score (nSPS) is 23.6. The van der Waals surface area contributed by atoms with Gasteiger partial charge < -0.3 is 15.0 Å². The van der Waals surface area contributed by atoms with Crippen molar-refractivity contribution in [3.63, 3.8) is 0 Å². The van der Waals surface area contributed by atoms with E-state index in [1.165, 1.54) is 12.8 Å². The van der Waals surface area contributed by atoms with E-state index in [2.05, 4.69) is 44.5 Å². The van der Waals surface area contributed by atoms with Crippen LogP contribution in [0, 0.1) is 22.7 Å². The molecule has 0 spiro atoms. The lowest BCUT2D eigenvalue weighted by Gasteiger charge is -2.24. The lowest BCUT2D eigenvalue weighted by atomic mass is 9.81. The third-order valence-electron chi connectivity index (χ3n) is 5.38. The first-order valence-corrected chi connectivity index (χ1v) is 9.99. The molecule has 1 amide bonds. The van der Waals surface area contributed by atoms with Crippen LogP contribution in [0.3, 0.4) is 0 Å². The lowest BCUT2D eigenvalue weighted by Crippen LogP contribution is -2.33. The first-order valence-electron chi connectivity index (χ1n) is 9.99. The van der Waals surface area contributed by atoms with Crippen LogP contribution in [0.15, 0.2) is 12.2 Å². The summed E-state index contributed by atoms with van der Waals surface area (Å²) in [4.78, 5) is 25.5. The van der Waals surface area contributed by atoms with Crippen LogP contribution < -0.4 is 5.32 Å². The summed E-state index contributed by atoms with van der Waals surface area (Å²) in [6.45, 7) is 15.1. The number of carbonyl (C=O) groups is 2. The van der Waals surface area contributed by atoms with Crippen molar-refractivity contribution in [2.24, 2.45) is 22.7 Å². The van der Waals surface area contributed by atoms with E-state index in [1.807, 2.05) is 14.1 Å². The van der Waals surface area contributed by atoms with E-state index in [9.17, 15) is 9.59 Å². The van der Waals surface area contributed by atoms with E-state index in [-0.39, 0.29) is 18.2 Å². The topological polar surface area (TPSA) is 49.4 Å². The highest BCUT2D eigenvalue weighted by Crippen LogP contribution is 2.60. The number of nitrogens with one attached hydrogen (secondary N) is 1. The molecule has 0 heterocycles. The van der Waals surface area contributed by atoms with Crippen molar-refractivity contribution in [2.45, 2.75) is 66.2 Å². The Bertz CT molecular complexity index is 493. The maximum absolute atomic E-state index is 12.4. The maximum atomic E-state index is 12.4. The van der Waals surface area contributed by atoms with Gasteiger partial charge in [0.05, 0.1) is 0 Å². The summed E-state index contributed by atoms with van der Waals surface area (Å²) >= 11 is 0. The van der Waals surface area contributed by atoms with E-state index >= 15 is 0 Å². The van der Waals surface area contributed by atoms with Crippen LogP contribution in [-0.4, -0.2) is 44.3 Å². The monoisotopic (exact) mass is 364 g/mol. The van der Waals surface area contributed by atoms with Gasteiger partial charge >= 0.3 is 0 Å². The Hall–Kier alpha value is -1.16. The highest BCUT2D eigenvalue weighted by atomic mass is 16.2. The van der Waals surface area contributed by atoms with Gasteiger partial charge in [-0.05, 0) is 69.5 Å². The molecule has 0 saturated heterocycles. The third kappa shape index (κ3) is 8.48. The van der Waals surface area contributed by atoms with E-state index in [4.69, 9.17) is 0 Å². The van der Waals surface area contributed by atoms with Gasteiger partial charge in [-0.15, -0.1) is 0 Å². The van der Waals surface area contributed by atoms with Crippen molar-refractivity contribution in [2.75, 3.05) is 27.2 Å². The Morgan fingerprint density at radius 2 is 2.04 bits per heavy atom. The molecule has 0 aliphatic heterocycles. The van der Waals surface area contributed by atoms with Crippen LogP contribution in [-0.2, 0) is 9.59 Å². The molecule has 3 atom stereocenters. The second kappa shape index (κ2) is 9.68. The minimum atomic E-state index is -0.271. The van der Waals surface area contributed by atoms with Gasteiger partial charge in [0.15, 0.2) is 0 Å². The highest BCUT2D eigenvalue weighted by Gasteiger charge is 2.50. The minimum absolute atomic E-state index is 0.00902. The summed E-state index contributed by atoms with van der Waals surface area (Å²) < 4.78 is 0. The van der Waals surface area contributed by atoms with Crippen LogP contribution in [0.5, 0.6) is 0 Å². The molecule has 0 aromatic carbocycles. The molecule has 4 nitrogen and oxygen atoms in total. The van der Waals surface area contributed by atoms with Crippen molar-refractivity contribution in [3.05, 3.63) is 12.2 Å². The molecule has 0 aromatic heterocycles. The molecule has 3 unspecified atom stereocenters. The van der Waals surface area contributed by atoms with Crippen molar-refractivity contribution >= 4 is 12.2 Å². The molecule has 0 aromatic rings. The van der Waals surface area contributed by atoms with Gasteiger partial charge in [-0.3, -0.25) is 4.79 Å². The van der Waals surface area contributed by atoms with Crippen molar-refractivity contribution < 1.29 is 9.59 Å². The Morgan fingerprint density at radius 1 is 1.38 bits per heavy atom. The quantitative estimate of drug-likeness (QED) is 0.323. The van der Waals surface area contributed by atoms with Gasteiger partial charge in [0.2, 0.25) is 5.91 Å². The van der Waals surface area contributed by atoms with Gasteiger partial charge in [0.1, 0.15) is 6.29 Å². The molecule has 1 N–H and O–H groups in total. The summed E-state index contributed by atoms with van der Waals surface area (Å²) in [7, 11) is 4.04. The largest absolute Gasteiger partial charge is 0.356 e. The molecule has 150 valence electrons. The maximum Gasteiger partial charge on any atom is 0.223 e. The molecule has 4 heteroatoms. The zero-order valence-electron chi connectivity index (χ0n) is 17.9. The fourth-order valence-electron chi connectivity index (χ4n) is 4.18. The van der Waals surface area contributed by atoms with Gasteiger partial charge in [-0.1, -0.05) is 39.8 Å². The SMILES string of the molecule is C=C(CC(CC=O)C(=O)NCCCN(C)C)CC1CC1(C)CC(C)(C)C. The summed E-state index contributed by atoms with van der Waals surface area (Å²) in [5.74, 6) is 0.395. The number of nitrogens with zero attached hydrogens (tertiary/aromatic N) is 1. The number of aldehydes is 1. The fraction of sp³-hybridized carbons (Fsp3) is 0.818. The zero-order chi connectivity index (χ0) is 20.0. The predicted molar refractivity (Wildman–Crippen MR) is 109 cm³/mol. The van der Waals surface area contributed by atoms with Crippen LogP contribution >= 0.6 is 0 Å². The molecular formula is C22H40N2O2. The minimum Gasteiger partial charge on any atom is -0.356 e. The molecule has 1 fully saturated rings. The standard InChI is InChI=1S/C22H40N2O2/c1-17(14-19-15-22(19,5)16-21(2,3)4)13-18(9-12-25)20(26)23-10-8-11-24(6)7/h12,18-19H,1,8-11,13-16H2,2-7H3,(H,23,26). The van der Waals surface area contributed by atoms with Gasteiger partial charge in [-0.25, -0.2) is 0 Å². The number of carbonyl (C=O) groups excluding carboxylic acids is 2. The number of allylic oxidation sites excluding steroid dienone is 1. The van der Waals surface area contributed by atoms with E-state index in [1.54, 1.807) is 0 Å². The van der Waals surface area contributed by atoms with Gasteiger partial charge in [0, 0.05) is 18.9 Å². The van der Waals surface area contributed by atoms with Crippen molar-refractivity contribution in [1.29, 1.82) is 0 Å². The van der Waals surface area contributed by atoms with Crippen molar-refractivity contribution in [3.8, 4) is 0 Å². The molecule has 1 aliphatic rings. The number of hydrogen-bond donors (Lipinski definition) is 1. The number of hydrogen-bond acceptors (Lipinski definition) is 3. The molecule has 0 radical (unpaired) electrons. The second-order valence-electron chi connectivity index (χ2n) is 10.00.